The van der Waals surface area contributed by atoms with Gasteiger partial charge < -0.3 is 13.7 Å². The summed E-state index contributed by atoms with van der Waals surface area (Å²) in [7, 11) is 0. The first-order valence-electron chi connectivity index (χ1n) is 19.6. The maximum atomic E-state index is 6.75. The first-order valence-corrected chi connectivity index (χ1v) is 20.4. The molecular formula is C54H33NO2S. The molecule has 0 aliphatic rings. The molecule has 0 atom stereocenters. The molecule has 0 saturated carbocycles. The Labute approximate surface area is 338 Å². The highest BCUT2D eigenvalue weighted by Gasteiger charge is 2.27. The van der Waals surface area contributed by atoms with Gasteiger partial charge in [0.1, 0.15) is 22.3 Å². The molecule has 272 valence electrons. The molecule has 0 fully saturated rings. The van der Waals surface area contributed by atoms with Gasteiger partial charge in [-0.05, 0) is 81.9 Å². The number of nitrogens with zero attached hydrogens (tertiary/aromatic N) is 1. The average Bonchev–Trinajstić information content (AvgIpc) is 3.99. The van der Waals surface area contributed by atoms with Gasteiger partial charge in [-0.3, -0.25) is 0 Å². The normalized spacial score (nSPS) is 11.8. The summed E-state index contributed by atoms with van der Waals surface area (Å²) in [5.41, 5.74) is 13.6. The van der Waals surface area contributed by atoms with E-state index in [0.29, 0.717) is 0 Å². The van der Waals surface area contributed by atoms with Crippen LogP contribution in [0.3, 0.4) is 0 Å². The maximum absolute atomic E-state index is 6.75. The summed E-state index contributed by atoms with van der Waals surface area (Å²) < 4.78 is 15.8. The molecule has 3 nitrogen and oxygen atoms in total. The zero-order valence-corrected chi connectivity index (χ0v) is 32.0. The van der Waals surface area contributed by atoms with Crippen LogP contribution in [0.1, 0.15) is 0 Å². The summed E-state index contributed by atoms with van der Waals surface area (Å²) in [5, 5.41) is 6.69. The van der Waals surface area contributed by atoms with E-state index in [1.54, 1.807) is 0 Å². The minimum absolute atomic E-state index is 0.839. The van der Waals surface area contributed by atoms with Gasteiger partial charge in [0.15, 0.2) is 0 Å². The van der Waals surface area contributed by atoms with Crippen LogP contribution >= 0.6 is 11.3 Å². The van der Waals surface area contributed by atoms with Crippen molar-refractivity contribution in [2.45, 2.75) is 0 Å². The van der Waals surface area contributed by atoms with Gasteiger partial charge in [-0.2, -0.15) is 0 Å². The highest BCUT2D eigenvalue weighted by Crippen LogP contribution is 2.53. The van der Waals surface area contributed by atoms with E-state index in [0.717, 1.165) is 72.1 Å². The Kier molecular flexibility index (Phi) is 7.40. The van der Waals surface area contributed by atoms with Crippen molar-refractivity contribution in [3.63, 3.8) is 0 Å². The van der Waals surface area contributed by atoms with Gasteiger partial charge in [-0.25, -0.2) is 0 Å². The molecule has 12 aromatic rings. The third-order valence-electron chi connectivity index (χ3n) is 11.5. The number of fused-ring (bicyclic) bond motifs is 9. The van der Waals surface area contributed by atoms with Gasteiger partial charge in [-0.15, -0.1) is 11.3 Å². The molecule has 12 rings (SSSR count). The van der Waals surface area contributed by atoms with Crippen LogP contribution in [-0.4, -0.2) is 0 Å². The lowest BCUT2D eigenvalue weighted by Gasteiger charge is -2.29. The van der Waals surface area contributed by atoms with Crippen LogP contribution in [0.2, 0.25) is 0 Å². The molecule has 0 aliphatic carbocycles. The standard InChI is InChI=1S/C54H33NO2S/c1-4-15-34(16-5-1)37-27-28-42-50(33-37)58-54-39(36-19-8-3-9-20-36)29-30-44(53(42)54)55(43-23-14-26-48-51(43)40-21-10-12-24-46(40)56-48)45-31-38(35-17-6-2-7-18-35)32-49-52(45)41-22-11-13-25-47(41)57-49/h1-33H. The lowest BCUT2D eigenvalue weighted by molar-refractivity contribution is 0.669. The van der Waals surface area contributed by atoms with Gasteiger partial charge >= 0.3 is 0 Å². The average molecular weight is 760 g/mol. The smallest absolute Gasteiger partial charge is 0.138 e. The second-order valence-corrected chi connectivity index (χ2v) is 15.9. The van der Waals surface area contributed by atoms with Crippen molar-refractivity contribution in [1.82, 2.24) is 0 Å². The highest BCUT2D eigenvalue weighted by molar-refractivity contribution is 7.26. The number of benzene rings is 9. The lowest BCUT2D eigenvalue weighted by atomic mass is 9.97. The van der Waals surface area contributed by atoms with Gasteiger partial charge in [0.25, 0.3) is 0 Å². The monoisotopic (exact) mass is 759 g/mol. The van der Waals surface area contributed by atoms with Crippen molar-refractivity contribution in [2.75, 3.05) is 4.90 Å². The van der Waals surface area contributed by atoms with E-state index in [4.69, 9.17) is 8.83 Å². The summed E-state index contributed by atoms with van der Waals surface area (Å²) in [5.74, 6) is 0. The van der Waals surface area contributed by atoms with Crippen LogP contribution in [0.4, 0.5) is 17.1 Å². The number of para-hydroxylation sites is 2. The zero-order chi connectivity index (χ0) is 38.2. The Balaban J connectivity index is 1.25. The van der Waals surface area contributed by atoms with E-state index in [1.807, 2.05) is 23.5 Å². The Hall–Kier alpha value is -7.40. The molecule has 3 aromatic heterocycles. The van der Waals surface area contributed by atoms with Crippen molar-refractivity contribution in [3.05, 3.63) is 200 Å². The second kappa shape index (κ2) is 13.1. The van der Waals surface area contributed by atoms with Crippen molar-refractivity contribution >= 4 is 92.4 Å². The lowest BCUT2D eigenvalue weighted by Crippen LogP contribution is -2.11. The summed E-state index contributed by atoms with van der Waals surface area (Å²) in [6, 6.07) is 71.4. The molecule has 0 unspecified atom stereocenters. The van der Waals surface area contributed by atoms with E-state index in [2.05, 4.69) is 193 Å². The third kappa shape index (κ3) is 5.12. The van der Waals surface area contributed by atoms with Crippen LogP contribution in [0.25, 0.3) is 97.4 Å². The van der Waals surface area contributed by atoms with E-state index in [9.17, 15) is 0 Å². The van der Waals surface area contributed by atoms with Crippen molar-refractivity contribution in [1.29, 1.82) is 0 Å². The minimum atomic E-state index is 0.839. The molecule has 0 N–H and O–H groups in total. The molecule has 0 saturated heterocycles. The van der Waals surface area contributed by atoms with Crippen molar-refractivity contribution in [3.8, 4) is 33.4 Å². The first kappa shape index (κ1) is 32.8. The predicted octanol–water partition coefficient (Wildman–Crippen LogP) is 16.3. The Bertz CT molecular complexity index is 3510. The molecule has 0 radical (unpaired) electrons. The minimum Gasteiger partial charge on any atom is -0.456 e. The number of anilines is 3. The molecule has 0 amide bonds. The zero-order valence-electron chi connectivity index (χ0n) is 31.2. The van der Waals surface area contributed by atoms with Crippen molar-refractivity contribution in [2.24, 2.45) is 0 Å². The van der Waals surface area contributed by atoms with Crippen LogP contribution in [-0.2, 0) is 0 Å². The van der Waals surface area contributed by atoms with Gasteiger partial charge in [0.2, 0.25) is 0 Å². The summed E-state index contributed by atoms with van der Waals surface area (Å²) >= 11 is 1.87. The second-order valence-electron chi connectivity index (χ2n) is 14.8. The molecule has 4 heteroatoms. The molecule has 9 aromatic carbocycles. The fourth-order valence-electron chi connectivity index (χ4n) is 8.84. The molecule has 58 heavy (non-hydrogen) atoms. The fourth-order valence-corrected chi connectivity index (χ4v) is 10.1. The van der Waals surface area contributed by atoms with Gasteiger partial charge in [0, 0.05) is 30.9 Å². The third-order valence-corrected chi connectivity index (χ3v) is 12.6. The van der Waals surface area contributed by atoms with E-state index >= 15 is 0 Å². The summed E-state index contributed by atoms with van der Waals surface area (Å²) in [6.45, 7) is 0. The van der Waals surface area contributed by atoms with E-state index in [1.165, 1.54) is 42.4 Å². The first-order chi connectivity index (χ1) is 28.8. The molecule has 0 spiro atoms. The van der Waals surface area contributed by atoms with Crippen LogP contribution < -0.4 is 4.90 Å². The number of hydrogen-bond acceptors (Lipinski definition) is 4. The number of rotatable bonds is 6. The van der Waals surface area contributed by atoms with Crippen LogP contribution in [0, 0.1) is 0 Å². The van der Waals surface area contributed by atoms with Crippen LogP contribution in [0.15, 0.2) is 209 Å². The van der Waals surface area contributed by atoms with E-state index in [-0.39, 0.29) is 0 Å². The van der Waals surface area contributed by atoms with Gasteiger partial charge in [0.05, 0.1) is 27.8 Å². The molecule has 0 aliphatic heterocycles. The summed E-state index contributed by atoms with van der Waals surface area (Å²) in [6.07, 6.45) is 0. The highest BCUT2D eigenvalue weighted by atomic mass is 32.1. The quantitative estimate of drug-likeness (QED) is 0.169. The summed E-state index contributed by atoms with van der Waals surface area (Å²) in [4.78, 5) is 2.48. The maximum Gasteiger partial charge on any atom is 0.138 e. The van der Waals surface area contributed by atoms with Gasteiger partial charge in [-0.1, -0.05) is 152 Å². The van der Waals surface area contributed by atoms with E-state index < -0.39 is 0 Å². The topological polar surface area (TPSA) is 29.5 Å². The fraction of sp³-hybridized carbons (Fsp3) is 0. The Morgan fingerprint density at radius 3 is 1.60 bits per heavy atom. The SMILES string of the molecule is c1ccc(-c2cc(N(c3cccc4oc5ccccc5c34)c3ccc(-c4ccccc4)c4sc5cc(-c6ccccc6)ccc5c34)c3c(c2)oc2ccccc23)cc1. The number of thiophene rings is 1. The predicted molar refractivity (Wildman–Crippen MR) is 245 cm³/mol. The molecular weight excluding hydrogens is 727 g/mol. The van der Waals surface area contributed by atoms with Crippen molar-refractivity contribution < 1.29 is 8.83 Å². The molecule has 0 bridgehead atoms. The molecule has 3 heterocycles. The number of hydrogen-bond donors (Lipinski definition) is 0. The van der Waals surface area contributed by atoms with Crippen LogP contribution in [0.5, 0.6) is 0 Å². The number of furan rings is 2. The Morgan fingerprint density at radius 1 is 0.328 bits per heavy atom. The Morgan fingerprint density at radius 2 is 0.897 bits per heavy atom. The largest absolute Gasteiger partial charge is 0.456 e.